The number of hydrogen-bond acceptors (Lipinski definition) is 2. The van der Waals surface area contributed by atoms with Crippen LogP contribution in [-0.4, -0.2) is 31.3 Å². The molecule has 0 aromatic rings. The van der Waals surface area contributed by atoms with Gasteiger partial charge in [-0.3, -0.25) is 0 Å². The number of halogens is 3. The number of alkyl halides is 3. The van der Waals surface area contributed by atoms with Crippen molar-refractivity contribution in [3.05, 3.63) is 0 Å². The van der Waals surface area contributed by atoms with Gasteiger partial charge in [-0.1, -0.05) is 0 Å². The van der Waals surface area contributed by atoms with Crippen LogP contribution in [0.15, 0.2) is 0 Å². The molecule has 0 radical (unpaired) electrons. The van der Waals surface area contributed by atoms with Crippen LogP contribution in [0.2, 0.25) is 0 Å². The van der Waals surface area contributed by atoms with Gasteiger partial charge in [-0.05, 0) is 27.8 Å². The van der Waals surface area contributed by atoms with Crippen LogP contribution in [-0.2, 0) is 0 Å². The van der Waals surface area contributed by atoms with E-state index in [-0.39, 0.29) is 5.54 Å². The van der Waals surface area contributed by atoms with Crippen LogP contribution >= 0.6 is 0 Å². The van der Waals surface area contributed by atoms with Crippen LogP contribution < -0.4 is 10.6 Å². The van der Waals surface area contributed by atoms with Gasteiger partial charge in [-0.2, -0.15) is 13.2 Å². The molecule has 0 saturated carbocycles. The fourth-order valence-electron chi connectivity index (χ4n) is 0.937. The van der Waals surface area contributed by atoms with Gasteiger partial charge in [0.25, 0.3) is 0 Å². The van der Waals surface area contributed by atoms with Crippen LogP contribution in [0, 0.1) is 0 Å². The molecule has 5 heteroatoms. The molecule has 1 unspecified atom stereocenters. The van der Waals surface area contributed by atoms with E-state index in [2.05, 4.69) is 10.6 Å². The summed E-state index contributed by atoms with van der Waals surface area (Å²) in [5, 5.41) is 5.86. The van der Waals surface area contributed by atoms with Crippen LogP contribution in [0.4, 0.5) is 13.2 Å². The highest BCUT2D eigenvalue weighted by atomic mass is 19.4. The first-order valence-electron chi connectivity index (χ1n) is 4.65. The smallest absolute Gasteiger partial charge is 0.314 e. The fourth-order valence-corrected chi connectivity index (χ4v) is 0.937. The quantitative estimate of drug-likeness (QED) is 0.727. The van der Waals surface area contributed by atoms with E-state index in [1.165, 1.54) is 0 Å². The zero-order chi connectivity index (χ0) is 11.4. The van der Waals surface area contributed by atoms with Gasteiger partial charge in [-0.15, -0.1) is 0 Å². The lowest BCUT2D eigenvalue weighted by atomic mass is 10.1. The lowest BCUT2D eigenvalue weighted by Crippen LogP contribution is -2.48. The molecule has 0 spiro atoms. The van der Waals surface area contributed by atoms with Crippen molar-refractivity contribution in [3.63, 3.8) is 0 Å². The van der Waals surface area contributed by atoms with Crippen molar-refractivity contribution in [2.45, 2.75) is 44.9 Å². The SMILES string of the molecule is CNC(C)(C)CNC(C)CC(F)(F)F. The van der Waals surface area contributed by atoms with E-state index in [1.54, 1.807) is 14.0 Å². The molecule has 86 valence electrons. The molecule has 0 aliphatic heterocycles. The topological polar surface area (TPSA) is 24.1 Å². The minimum absolute atomic E-state index is 0.181. The molecule has 0 heterocycles. The van der Waals surface area contributed by atoms with Crippen molar-refractivity contribution in [2.24, 2.45) is 0 Å². The van der Waals surface area contributed by atoms with Crippen molar-refractivity contribution in [1.82, 2.24) is 10.6 Å². The summed E-state index contributed by atoms with van der Waals surface area (Å²) in [6.07, 6.45) is -4.87. The maximum atomic E-state index is 12.0. The molecule has 0 aliphatic carbocycles. The Kier molecular flexibility index (Phi) is 4.88. The van der Waals surface area contributed by atoms with E-state index < -0.39 is 18.6 Å². The minimum Gasteiger partial charge on any atom is -0.314 e. The number of rotatable bonds is 5. The third-order valence-corrected chi connectivity index (χ3v) is 2.11. The summed E-state index contributed by atoms with van der Waals surface area (Å²) >= 11 is 0. The predicted molar refractivity (Wildman–Crippen MR) is 51.3 cm³/mol. The van der Waals surface area contributed by atoms with Gasteiger partial charge < -0.3 is 10.6 Å². The van der Waals surface area contributed by atoms with Gasteiger partial charge in [0.15, 0.2) is 0 Å². The Bertz CT molecular complexity index is 166. The summed E-state index contributed by atoms with van der Waals surface area (Å²) in [5.41, 5.74) is -0.181. The standard InChI is InChI=1S/C9H19F3N2/c1-7(5-9(10,11)12)14-6-8(2,3)13-4/h7,13-14H,5-6H2,1-4H3. The number of likely N-dealkylation sites (N-methyl/N-ethyl adjacent to an activating group) is 1. The van der Waals surface area contributed by atoms with Crippen molar-refractivity contribution in [3.8, 4) is 0 Å². The Labute approximate surface area is 83.3 Å². The summed E-state index contributed by atoms with van der Waals surface area (Å²) in [4.78, 5) is 0. The first kappa shape index (κ1) is 13.7. The van der Waals surface area contributed by atoms with Crippen molar-refractivity contribution in [1.29, 1.82) is 0 Å². The first-order chi connectivity index (χ1) is 6.16. The van der Waals surface area contributed by atoms with Crippen LogP contribution in [0.25, 0.3) is 0 Å². The van der Waals surface area contributed by atoms with Gasteiger partial charge in [0.1, 0.15) is 0 Å². The lowest BCUT2D eigenvalue weighted by molar-refractivity contribution is -0.139. The third kappa shape index (κ3) is 7.15. The van der Waals surface area contributed by atoms with Crippen molar-refractivity contribution >= 4 is 0 Å². The molecule has 0 aliphatic rings. The van der Waals surface area contributed by atoms with Gasteiger partial charge in [-0.25, -0.2) is 0 Å². The molecule has 0 fully saturated rings. The summed E-state index contributed by atoms with van der Waals surface area (Å²) in [6.45, 7) is 5.92. The maximum absolute atomic E-state index is 12.0. The Morgan fingerprint density at radius 3 is 2.07 bits per heavy atom. The molecule has 14 heavy (non-hydrogen) atoms. The largest absolute Gasteiger partial charge is 0.390 e. The molecular weight excluding hydrogens is 193 g/mol. The van der Waals surface area contributed by atoms with Crippen LogP contribution in [0.1, 0.15) is 27.2 Å². The second kappa shape index (κ2) is 4.98. The normalized spacial score (nSPS) is 15.6. The maximum Gasteiger partial charge on any atom is 0.390 e. The van der Waals surface area contributed by atoms with E-state index in [1.807, 2.05) is 13.8 Å². The summed E-state index contributed by atoms with van der Waals surface area (Å²) < 4.78 is 35.9. The Hall–Kier alpha value is -0.290. The highest BCUT2D eigenvalue weighted by Gasteiger charge is 2.30. The average Bonchev–Trinajstić information content (AvgIpc) is 1.98. The van der Waals surface area contributed by atoms with E-state index in [4.69, 9.17) is 0 Å². The number of hydrogen-bond donors (Lipinski definition) is 2. The Morgan fingerprint density at radius 1 is 1.21 bits per heavy atom. The van der Waals surface area contributed by atoms with Crippen molar-refractivity contribution in [2.75, 3.05) is 13.6 Å². The average molecular weight is 212 g/mol. The highest BCUT2D eigenvalue weighted by molar-refractivity contribution is 4.80. The monoisotopic (exact) mass is 212 g/mol. The minimum atomic E-state index is -4.09. The summed E-state index contributed by atoms with van der Waals surface area (Å²) in [7, 11) is 1.79. The summed E-state index contributed by atoms with van der Waals surface area (Å²) in [5.74, 6) is 0. The predicted octanol–water partition coefficient (Wildman–Crippen LogP) is 1.91. The molecule has 2 N–H and O–H groups in total. The van der Waals surface area contributed by atoms with E-state index in [9.17, 15) is 13.2 Å². The third-order valence-electron chi connectivity index (χ3n) is 2.11. The van der Waals surface area contributed by atoms with Crippen molar-refractivity contribution < 1.29 is 13.2 Å². The molecule has 0 amide bonds. The van der Waals surface area contributed by atoms with E-state index in [0.717, 1.165) is 0 Å². The van der Waals surface area contributed by atoms with Gasteiger partial charge in [0, 0.05) is 18.1 Å². The molecular formula is C9H19F3N2. The van der Waals surface area contributed by atoms with Gasteiger partial charge in [0.2, 0.25) is 0 Å². The number of nitrogens with one attached hydrogen (secondary N) is 2. The molecule has 0 rings (SSSR count). The van der Waals surface area contributed by atoms with E-state index >= 15 is 0 Å². The fraction of sp³-hybridized carbons (Fsp3) is 1.00. The molecule has 2 nitrogen and oxygen atoms in total. The van der Waals surface area contributed by atoms with Gasteiger partial charge >= 0.3 is 6.18 Å². The lowest BCUT2D eigenvalue weighted by Gasteiger charge is -2.27. The molecule has 0 bridgehead atoms. The molecule has 1 atom stereocenters. The molecule has 0 aromatic heterocycles. The zero-order valence-electron chi connectivity index (χ0n) is 9.13. The second-order valence-corrected chi connectivity index (χ2v) is 4.24. The van der Waals surface area contributed by atoms with Crippen LogP contribution in [0.5, 0.6) is 0 Å². The van der Waals surface area contributed by atoms with Crippen LogP contribution in [0.3, 0.4) is 0 Å². The first-order valence-corrected chi connectivity index (χ1v) is 4.65. The summed E-state index contributed by atoms with van der Waals surface area (Å²) in [6, 6.07) is -0.539. The van der Waals surface area contributed by atoms with Gasteiger partial charge in [0.05, 0.1) is 6.42 Å². The zero-order valence-corrected chi connectivity index (χ0v) is 9.13. The molecule has 0 aromatic carbocycles. The second-order valence-electron chi connectivity index (χ2n) is 4.24. The Morgan fingerprint density at radius 2 is 1.71 bits per heavy atom. The highest BCUT2D eigenvalue weighted by Crippen LogP contribution is 2.21. The van der Waals surface area contributed by atoms with E-state index in [0.29, 0.717) is 6.54 Å². The molecule has 0 saturated heterocycles. The Balaban J connectivity index is 3.80.